The fourth-order valence-corrected chi connectivity index (χ4v) is 2.23. The van der Waals surface area contributed by atoms with Crippen LogP contribution in [0.25, 0.3) is 11.4 Å². The fourth-order valence-electron chi connectivity index (χ4n) is 1.56. The molecule has 0 radical (unpaired) electrons. The van der Waals surface area contributed by atoms with Crippen molar-refractivity contribution in [3.05, 3.63) is 34.1 Å². The summed E-state index contributed by atoms with van der Waals surface area (Å²) in [6, 6.07) is 8.09. The third-order valence-corrected chi connectivity index (χ3v) is 3.19. The Labute approximate surface area is 114 Å². The molecule has 1 heterocycles. The largest absolute Gasteiger partial charge is 0.339 e. The van der Waals surface area contributed by atoms with Crippen molar-refractivity contribution >= 4 is 15.9 Å². The lowest BCUT2D eigenvalue weighted by molar-refractivity contribution is 0.369. The normalized spacial score (nSPS) is 12.1. The van der Waals surface area contributed by atoms with Crippen LogP contribution in [0.3, 0.4) is 0 Å². The molecule has 0 aliphatic heterocycles. The van der Waals surface area contributed by atoms with E-state index in [2.05, 4.69) is 32.1 Å². The standard InChI is InChI=1S/C13H12BrN3O/c1-8-3-4-10(11(14)5-8)13-16-12(18-17-13)6-9(2)7-15/h3-5,9H,6H2,1-2H3. The molecule has 0 amide bonds. The van der Waals surface area contributed by atoms with Crippen molar-refractivity contribution in [3.63, 3.8) is 0 Å². The van der Waals surface area contributed by atoms with Gasteiger partial charge in [-0.25, -0.2) is 0 Å². The Bertz CT molecular complexity index is 601. The second-order valence-corrected chi connectivity index (χ2v) is 5.08. The first-order chi connectivity index (χ1) is 8.60. The molecule has 0 spiro atoms. The number of hydrogen-bond donors (Lipinski definition) is 0. The van der Waals surface area contributed by atoms with Crippen LogP contribution < -0.4 is 0 Å². The van der Waals surface area contributed by atoms with Crippen molar-refractivity contribution in [3.8, 4) is 17.5 Å². The van der Waals surface area contributed by atoms with E-state index in [-0.39, 0.29) is 5.92 Å². The van der Waals surface area contributed by atoms with Crippen molar-refractivity contribution in [1.29, 1.82) is 5.26 Å². The molecule has 18 heavy (non-hydrogen) atoms. The molecule has 1 atom stereocenters. The number of aromatic nitrogens is 2. The molecule has 2 aromatic rings. The molecule has 0 saturated heterocycles. The molecule has 0 N–H and O–H groups in total. The Balaban J connectivity index is 2.27. The molecular formula is C13H12BrN3O. The lowest BCUT2D eigenvalue weighted by atomic mass is 10.1. The smallest absolute Gasteiger partial charge is 0.228 e. The van der Waals surface area contributed by atoms with Gasteiger partial charge in [-0.2, -0.15) is 10.2 Å². The van der Waals surface area contributed by atoms with Crippen LogP contribution in [-0.2, 0) is 6.42 Å². The van der Waals surface area contributed by atoms with Gasteiger partial charge in [0.15, 0.2) is 0 Å². The third-order valence-electron chi connectivity index (χ3n) is 2.53. The monoisotopic (exact) mass is 305 g/mol. The molecule has 5 heteroatoms. The van der Waals surface area contributed by atoms with Gasteiger partial charge in [0.2, 0.25) is 11.7 Å². The molecule has 0 aliphatic rings. The van der Waals surface area contributed by atoms with E-state index in [1.54, 1.807) is 0 Å². The van der Waals surface area contributed by atoms with Gasteiger partial charge in [-0.05, 0) is 31.5 Å². The van der Waals surface area contributed by atoms with E-state index in [4.69, 9.17) is 9.78 Å². The molecule has 92 valence electrons. The van der Waals surface area contributed by atoms with Crippen LogP contribution in [0.15, 0.2) is 27.2 Å². The first-order valence-electron chi connectivity index (χ1n) is 5.59. The maximum Gasteiger partial charge on any atom is 0.228 e. The average molecular weight is 306 g/mol. The van der Waals surface area contributed by atoms with Crippen molar-refractivity contribution in [2.75, 3.05) is 0 Å². The van der Waals surface area contributed by atoms with E-state index in [9.17, 15) is 0 Å². The molecular weight excluding hydrogens is 294 g/mol. The topological polar surface area (TPSA) is 62.7 Å². The zero-order valence-corrected chi connectivity index (χ0v) is 11.7. The van der Waals surface area contributed by atoms with Gasteiger partial charge in [0, 0.05) is 16.5 Å². The van der Waals surface area contributed by atoms with E-state index in [0.29, 0.717) is 18.1 Å². The minimum atomic E-state index is -0.125. The summed E-state index contributed by atoms with van der Waals surface area (Å²) in [7, 11) is 0. The van der Waals surface area contributed by atoms with Gasteiger partial charge in [0.1, 0.15) is 0 Å². The summed E-state index contributed by atoms with van der Waals surface area (Å²) in [5, 5.41) is 12.7. The summed E-state index contributed by atoms with van der Waals surface area (Å²) < 4.78 is 6.08. The van der Waals surface area contributed by atoms with Crippen molar-refractivity contribution in [1.82, 2.24) is 10.1 Å². The summed E-state index contributed by atoms with van der Waals surface area (Å²) >= 11 is 3.48. The van der Waals surface area contributed by atoms with E-state index in [1.807, 2.05) is 32.0 Å². The van der Waals surface area contributed by atoms with E-state index in [1.165, 1.54) is 0 Å². The van der Waals surface area contributed by atoms with Gasteiger partial charge in [0.25, 0.3) is 0 Å². The molecule has 1 unspecified atom stereocenters. The van der Waals surface area contributed by atoms with Crippen molar-refractivity contribution in [2.45, 2.75) is 20.3 Å². The second kappa shape index (κ2) is 5.32. The second-order valence-electron chi connectivity index (χ2n) is 4.23. The Morgan fingerprint density at radius 3 is 2.94 bits per heavy atom. The Morgan fingerprint density at radius 1 is 1.50 bits per heavy atom. The zero-order valence-electron chi connectivity index (χ0n) is 10.1. The number of halogens is 1. The van der Waals surface area contributed by atoms with Gasteiger partial charge in [-0.1, -0.05) is 27.2 Å². The van der Waals surface area contributed by atoms with Crippen molar-refractivity contribution in [2.24, 2.45) is 5.92 Å². The predicted molar refractivity (Wildman–Crippen MR) is 70.7 cm³/mol. The highest BCUT2D eigenvalue weighted by Gasteiger charge is 2.13. The number of nitrogens with zero attached hydrogens (tertiary/aromatic N) is 3. The van der Waals surface area contributed by atoms with Crippen LogP contribution in [0, 0.1) is 24.2 Å². The van der Waals surface area contributed by atoms with E-state index in [0.717, 1.165) is 15.6 Å². The highest BCUT2D eigenvalue weighted by molar-refractivity contribution is 9.10. The van der Waals surface area contributed by atoms with Gasteiger partial charge < -0.3 is 4.52 Å². The predicted octanol–water partition coefficient (Wildman–Crippen LogP) is 3.51. The highest BCUT2D eigenvalue weighted by atomic mass is 79.9. The molecule has 0 saturated carbocycles. The zero-order chi connectivity index (χ0) is 13.1. The van der Waals surface area contributed by atoms with Crippen LogP contribution in [0.5, 0.6) is 0 Å². The van der Waals surface area contributed by atoms with E-state index >= 15 is 0 Å². The number of aryl methyl sites for hydroxylation is 1. The summed E-state index contributed by atoms with van der Waals surface area (Å²) in [6.45, 7) is 3.84. The number of hydrogen-bond acceptors (Lipinski definition) is 4. The number of benzene rings is 1. The molecule has 0 bridgehead atoms. The molecule has 1 aromatic carbocycles. The summed E-state index contributed by atoms with van der Waals surface area (Å²) in [5.74, 6) is 0.910. The average Bonchev–Trinajstić information content (AvgIpc) is 2.77. The SMILES string of the molecule is Cc1ccc(-c2noc(CC(C)C#N)n2)c(Br)c1. The summed E-state index contributed by atoms with van der Waals surface area (Å²) in [6.07, 6.45) is 0.479. The Kier molecular flexibility index (Phi) is 3.78. The molecule has 0 aliphatic carbocycles. The fraction of sp³-hybridized carbons (Fsp3) is 0.308. The highest BCUT2D eigenvalue weighted by Crippen LogP contribution is 2.27. The molecule has 0 fully saturated rings. The van der Waals surface area contributed by atoms with Gasteiger partial charge in [0.05, 0.1) is 12.0 Å². The lowest BCUT2D eigenvalue weighted by Crippen LogP contribution is -1.96. The summed E-state index contributed by atoms with van der Waals surface area (Å²) in [5.41, 5.74) is 2.05. The quantitative estimate of drug-likeness (QED) is 0.870. The summed E-state index contributed by atoms with van der Waals surface area (Å²) in [4.78, 5) is 4.30. The number of nitriles is 1. The van der Waals surface area contributed by atoms with Crippen LogP contribution in [0.4, 0.5) is 0 Å². The van der Waals surface area contributed by atoms with Crippen LogP contribution in [0.2, 0.25) is 0 Å². The molecule has 4 nitrogen and oxygen atoms in total. The number of rotatable bonds is 3. The van der Waals surface area contributed by atoms with Crippen LogP contribution in [0.1, 0.15) is 18.4 Å². The van der Waals surface area contributed by atoms with Gasteiger partial charge in [-0.15, -0.1) is 0 Å². The van der Waals surface area contributed by atoms with Crippen molar-refractivity contribution < 1.29 is 4.52 Å². The minimum absolute atomic E-state index is 0.125. The van der Waals surface area contributed by atoms with Gasteiger partial charge >= 0.3 is 0 Å². The molecule has 1 aromatic heterocycles. The van der Waals surface area contributed by atoms with Gasteiger partial charge in [-0.3, -0.25) is 0 Å². The first-order valence-corrected chi connectivity index (χ1v) is 6.38. The lowest BCUT2D eigenvalue weighted by Gasteiger charge is -1.99. The van der Waals surface area contributed by atoms with E-state index < -0.39 is 0 Å². The minimum Gasteiger partial charge on any atom is -0.339 e. The Morgan fingerprint density at radius 2 is 2.28 bits per heavy atom. The van der Waals surface area contributed by atoms with Crippen LogP contribution in [-0.4, -0.2) is 10.1 Å². The Hall–Kier alpha value is -1.67. The van der Waals surface area contributed by atoms with Crippen LogP contribution >= 0.6 is 15.9 Å². The molecule has 2 rings (SSSR count). The first kappa shape index (κ1) is 12.8. The third kappa shape index (κ3) is 2.77. The maximum atomic E-state index is 8.75. The maximum absolute atomic E-state index is 8.75.